The predicted octanol–water partition coefficient (Wildman–Crippen LogP) is 4.60. The number of hydrogen-bond acceptors (Lipinski definition) is 3. The van der Waals surface area contributed by atoms with Crippen molar-refractivity contribution < 1.29 is 15.3 Å². The summed E-state index contributed by atoms with van der Waals surface area (Å²) < 4.78 is 0. The number of aliphatic hydroxyl groups excluding tert-OH is 1. The van der Waals surface area contributed by atoms with Crippen LogP contribution >= 0.6 is 12.4 Å². The van der Waals surface area contributed by atoms with Gasteiger partial charge in [-0.15, -0.1) is 12.4 Å². The molecule has 0 heterocycles. The Bertz CT molecular complexity index is 566. The summed E-state index contributed by atoms with van der Waals surface area (Å²) in [7, 11) is 0. The van der Waals surface area contributed by atoms with Gasteiger partial charge in [-0.1, -0.05) is 31.2 Å². The monoisotopic (exact) mass is 336 g/mol. The lowest BCUT2D eigenvalue weighted by atomic mass is 9.94. The fourth-order valence-electron chi connectivity index (χ4n) is 2.53. The number of halogens is 1. The van der Waals surface area contributed by atoms with E-state index in [-0.39, 0.29) is 18.2 Å². The summed E-state index contributed by atoms with van der Waals surface area (Å²) in [5.41, 5.74) is 2.08. The van der Waals surface area contributed by atoms with Crippen LogP contribution in [0.3, 0.4) is 0 Å². The van der Waals surface area contributed by atoms with E-state index in [2.05, 4.69) is 6.92 Å². The molecule has 0 saturated carbocycles. The summed E-state index contributed by atoms with van der Waals surface area (Å²) in [6.45, 7) is 2.20. The Morgan fingerprint density at radius 2 is 1.30 bits per heavy atom. The molecule has 0 aliphatic heterocycles. The summed E-state index contributed by atoms with van der Waals surface area (Å²) in [6, 6.07) is 14.1. The van der Waals surface area contributed by atoms with E-state index in [9.17, 15) is 15.3 Å². The van der Waals surface area contributed by atoms with Gasteiger partial charge in [0.1, 0.15) is 11.5 Å². The van der Waals surface area contributed by atoms with Crippen molar-refractivity contribution in [3.63, 3.8) is 0 Å². The van der Waals surface area contributed by atoms with Crippen molar-refractivity contribution in [1.29, 1.82) is 0 Å². The van der Waals surface area contributed by atoms with E-state index in [1.807, 2.05) is 12.1 Å². The molecule has 2 atom stereocenters. The standard InChI is InChI=1S/C19H24O3.ClH/c1-14(2-4-15-5-9-17(20)10-6-15)3-13-19(22)16-7-11-18(21)12-8-16;/h5-12,14,19-22H,2-4,13H2,1H3;1H. The second-order valence-corrected chi connectivity index (χ2v) is 5.99. The molecule has 126 valence electrons. The van der Waals surface area contributed by atoms with Crippen molar-refractivity contribution in [2.24, 2.45) is 5.92 Å². The molecule has 0 fully saturated rings. The number of benzene rings is 2. The summed E-state index contributed by atoms with van der Waals surface area (Å²) >= 11 is 0. The van der Waals surface area contributed by atoms with Crippen molar-refractivity contribution in [3.8, 4) is 11.5 Å². The van der Waals surface area contributed by atoms with Crippen molar-refractivity contribution in [2.75, 3.05) is 0 Å². The zero-order valence-electron chi connectivity index (χ0n) is 13.4. The van der Waals surface area contributed by atoms with Gasteiger partial charge in [-0.25, -0.2) is 0 Å². The first-order valence-corrected chi connectivity index (χ1v) is 7.79. The molecule has 2 unspecified atom stereocenters. The highest BCUT2D eigenvalue weighted by molar-refractivity contribution is 5.85. The normalized spacial score (nSPS) is 13.1. The van der Waals surface area contributed by atoms with Crippen molar-refractivity contribution in [1.82, 2.24) is 0 Å². The highest BCUT2D eigenvalue weighted by Crippen LogP contribution is 2.24. The number of rotatable bonds is 7. The Hall–Kier alpha value is -1.71. The Morgan fingerprint density at radius 1 is 0.783 bits per heavy atom. The third-order valence-corrected chi connectivity index (χ3v) is 4.07. The minimum Gasteiger partial charge on any atom is -0.508 e. The smallest absolute Gasteiger partial charge is 0.115 e. The molecule has 0 spiro atoms. The summed E-state index contributed by atoms with van der Waals surface area (Å²) in [5, 5.41) is 28.7. The molecular formula is C19H25ClO3. The van der Waals surface area contributed by atoms with Crippen LogP contribution < -0.4 is 0 Å². The van der Waals surface area contributed by atoms with Gasteiger partial charge in [-0.2, -0.15) is 0 Å². The maximum Gasteiger partial charge on any atom is 0.115 e. The van der Waals surface area contributed by atoms with Gasteiger partial charge >= 0.3 is 0 Å². The number of phenols is 2. The second-order valence-electron chi connectivity index (χ2n) is 5.99. The summed E-state index contributed by atoms with van der Waals surface area (Å²) in [6.07, 6.45) is 3.25. The van der Waals surface area contributed by atoms with E-state index in [0.717, 1.165) is 31.2 Å². The van der Waals surface area contributed by atoms with E-state index < -0.39 is 6.10 Å². The summed E-state index contributed by atoms with van der Waals surface area (Å²) in [5.74, 6) is 1.05. The maximum atomic E-state index is 10.2. The highest BCUT2D eigenvalue weighted by Gasteiger charge is 2.10. The molecule has 23 heavy (non-hydrogen) atoms. The first-order chi connectivity index (χ1) is 10.5. The van der Waals surface area contributed by atoms with Crippen LogP contribution in [0.1, 0.15) is 43.4 Å². The van der Waals surface area contributed by atoms with Crippen LogP contribution in [-0.4, -0.2) is 15.3 Å². The van der Waals surface area contributed by atoms with Gasteiger partial charge in [0.2, 0.25) is 0 Å². The average molecular weight is 337 g/mol. The number of aryl methyl sites for hydroxylation is 1. The fourth-order valence-corrected chi connectivity index (χ4v) is 2.53. The molecule has 2 aromatic rings. The molecule has 0 aromatic heterocycles. The molecule has 0 bridgehead atoms. The molecule has 2 aromatic carbocycles. The number of hydrogen-bond donors (Lipinski definition) is 3. The van der Waals surface area contributed by atoms with Gasteiger partial charge in [-0.3, -0.25) is 0 Å². The zero-order chi connectivity index (χ0) is 15.9. The van der Waals surface area contributed by atoms with Crippen molar-refractivity contribution >= 4 is 12.4 Å². The zero-order valence-corrected chi connectivity index (χ0v) is 14.2. The van der Waals surface area contributed by atoms with E-state index >= 15 is 0 Å². The lowest BCUT2D eigenvalue weighted by molar-refractivity contribution is 0.157. The van der Waals surface area contributed by atoms with Crippen LogP contribution in [-0.2, 0) is 6.42 Å². The molecule has 0 amide bonds. The largest absolute Gasteiger partial charge is 0.508 e. The second kappa shape index (κ2) is 9.43. The molecule has 4 heteroatoms. The molecule has 0 saturated heterocycles. The minimum absolute atomic E-state index is 0. The van der Waals surface area contributed by atoms with Gasteiger partial charge < -0.3 is 15.3 Å². The Kier molecular flexibility index (Phi) is 7.93. The third-order valence-electron chi connectivity index (χ3n) is 4.07. The van der Waals surface area contributed by atoms with Crippen LogP contribution in [0.25, 0.3) is 0 Å². The molecular weight excluding hydrogens is 312 g/mol. The van der Waals surface area contributed by atoms with Gasteiger partial charge in [0.05, 0.1) is 6.10 Å². The van der Waals surface area contributed by atoms with Crippen molar-refractivity contribution in [2.45, 2.75) is 38.7 Å². The average Bonchev–Trinajstić information content (AvgIpc) is 2.52. The molecule has 2 rings (SSSR count). The molecule has 0 aliphatic carbocycles. The molecule has 0 radical (unpaired) electrons. The molecule has 3 nitrogen and oxygen atoms in total. The number of aliphatic hydroxyl groups is 1. The number of aromatic hydroxyl groups is 2. The van der Waals surface area contributed by atoms with E-state index in [1.165, 1.54) is 5.56 Å². The predicted molar refractivity (Wildman–Crippen MR) is 95.1 cm³/mol. The highest BCUT2D eigenvalue weighted by atomic mass is 35.5. The van der Waals surface area contributed by atoms with Crippen molar-refractivity contribution in [3.05, 3.63) is 59.7 Å². The maximum absolute atomic E-state index is 10.2. The molecule has 3 N–H and O–H groups in total. The van der Waals surface area contributed by atoms with Crippen LogP contribution in [0.5, 0.6) is 11.5 Å². The molecule has 0 aliphatic rings. The van der Waals surface area contributed by atoms with Gasteiger partial charge in [0.25, 0.3) is 0 Å². The van der Waals surface area contributed by atoms with Gasteiger partial charge in [0.15, 0.2) is 0 Å². The Morgan fingerprint density at radius 3 is 1.87 bits per heavy atom. The quantitative estimate of drug-likeness (QED) is 0.692. The number of phenolic OH excluding ortho intramolecular Hbond substituents is 2. The van der Waals surface area contributed by atoms with E-state index in [1.54, 1.807) is 36.4 Å². The topological polar surface area (TPSA) is 60.7 Å². The SMILES string of the molecule is CC(CCc1ccc(O)cc1)CCC(O)c1ccc(O)cc1.Cl. The van der Waals surface area contributed by atoms with E-state index in [4.69, 9.17) is 0 Å². The lowest BCUT2D eigenvalue weighted by Gasteiger charge is -2.15. The lowest BCUT2D eigenvalue weighted by Crippen LogP contribution is -2.03. The summed E-state index contributed by atoms with van der Waals surface area (Å²) in [4.78, 5) is 0. The Labute approximate surface area is 144 Å². The van der Waals surface area contributed by atoms with Gasteiger partial charge in [0, 0.05) is 0 Å². The first-order valence-electron chi connectivity index (χ1n) is 7.79. The Balaban J connectivity index is 0.00000264. The van der Waals surface area contributed by atoms with Crippen LogP contribution in [0.15, 0.2) is 48.5 Å². The van der Waals surface area contributed by atoms with Crippen LogP contribution in [0.2, 0.25) is 0 Å². The van der Waals surface area contributed by atoms with Gasteiger partial charge in [-0.05, 0) is 67.0 Å². The first kappa shape index (κ1) is 19.3. The minimum atomic E-state index is -0.475. The third kappa shape index (κ3) is 6.51. The van der Waals surface area contributed by atoms with E-state index in [0.29, 0.717) is 11.7 Å². The fraction of sp³-hybridized carbons (Fsp3) is 0.368. The van der Waals surface area contributed by atoms with Crippen LogP contribution in [0, 0.1) is 5.92 Å². The van der Waals surface area contributed by atoms with Crippen LogP contribution in [0.4, 0.5) is 0 Å².